The van der Waals surface area contributed by atoms with E-state index in [0.29, 0.717) is 16.5 Å². The van der Waals surface area contributed by atoms with Crippen molar-refractivity contribution in [3.05, 3.63) is 35.4 Å². The van der Waals surface area contributed by atoms with Crippen LogP contribution in [0, 0.1) is 0 Å². The first-order valence-corrected chi connectivity index (χ1v) is 7.34. The number of nitrogen functional groups attached to an aromatic ring is 1. The van der Waals surface area contributed by atoms with E-state index < -0.39 is 18.0 Å². The number of nitrogens with two attached hydrogens (primary N) is 1. The highest BCUT2D eigenvalue weighted by Crippen LogP contribution is 2.30. The zero-order valence-corrected chi connectivity index (χ0v) is 11.9. The Balaban J connectivity index is 1.75. The van der Waals surface area contributed by atoms with Gasteiger partial charge < -0.3 is 15.5 Å². The number of hydrogen-bond donors (Lipinski definition) is 3. The van der Waals surface area contributed by atoms with Gasteiger partial charge in [0.15, 0.2) is 11.2 Å². The minimum atomic E-state index is -0.793. The van der Waals surface area contributed by atoms with E-state index in [1.807, 2.05) is 17.5 Å². The molecule has 110 valence electrons. The Morgan fingerprint density at radius 2 is 2.14 bits per heavy atom. The van der Waals surface area contributed by atoms with Gasteiger partial charge in [-0.2, -0.15) is 0 Å². The van der Waals surface area contributed by atoms with Crippen molar-refractivity contribution < 1.29 is 14.0 Å². The zero-order chi connectivity index (χ0) is 15.3. The number of rotatable bonds is 2. The van der Waals surface area contributed by atoms with Crippen molar-refractivity contribution in [2.24, 2.45) is 0 Å². The van der Waals surface area contributed by atoms with Gasteiger partial charge in [-0.3, -0.25) is 10.1 Å². The van der Waals surface area contributed by atoms with Crippen LogP contribution < -0.4 is 16.4 Å². The van der Waals surface area contributed by atoms with E-state index >= 15 is 0 Å². The molecule has 7 nitrogen and oxygen atoms in total. The summed E-state index contributed by atoms with van der Waals surface area (Å²) in [4.78, 5) is 27.1. The molecule has 1 fully saturated rings. The summed E-state index contributed by atoms with van der Waals surface area (Å²) in [6.45, 7) is 0. The molecule has 0 radical (unpaired) electrons. The minimum absolute atomic E-state index is 0.397. The Morgan fingerprint density at radius 3 is 2.82 bits per heavy atom. The van der Waals surface area contributed by atoms with Crippen LogP contribution in [0.5, 0.6) is 0 Å². The molecule has 0 saturated carbocycles. The molecule has 1 aliphatic heterocycles. The van der Waals surface area contributed by atoms with Gasteiger partial charge in [-0.1, -0.05) is 0 Å². The van der Waals surface area contributed by atoms with Crippen molar-refractivity contribution in [3.8, 4) is 11.3 Å². The molecule has 0 spiro atoms. The summed E-state index contributed by atoms with van der Waals surface area (Å²) >= 11 is 1.37. The standard InChI is InChI=1S/C14H10N4O3S/c15-13-16-8(5-22-13)6-1-2-9-7(3-6)4-10(21-9)11-12(19)18-14(20)17-11/h1-5,11H,(H2,15,16)(H2,17,18,19,20). The van der Waals surface area contributed by atoms with Crippen molar-refractivity contribution in [3.63, 3.8) is 0 Å². The Labute approximate surface area is 128 Å². The first-order chi connectivity index (χ1) is 10.6. The molecule has 3 heterocycles. The monoisotopic (exact) mass is 314 g/mol. The molecule has 4 rings (SSSR count). The van der Waals surface area contributed by atoms with Crippen molar-refractivity contribution in [2.45, 2.75) is 6.04 Å². The fourth-order valence-electron chi connectivity index (χ4n) is 2.40. The fraction of sp³-hybridized carbons (Fsp3) is 0.0714. The summed E-state index contributed by atoms with van der Waals surface area (Å²) in [7, 11) is 0. The van der Waals surface area contributed by atoms with Gasteiger partial charge >= 0.3 is 6.03 Å². The van der Waals surface area contributed by atoms with Crippen LogP contribution in [0.15, 0.2) is 34.1 Å². The molecule has 4 N–H and O–H groups in total. The maximum atomic E-state index is 11.7. The highest BCUT2D eigenvalue weighted by atomic mass is 32.1. The molecular formula is C14H10N4O3S. The summed E-state index contributed by atoms with van der Waals surface area (Å²) in [5.41, 5.74) is 7.98. The third-order valence-electron chi connectivity index (χ3n) is 3.41. The van der Waals surface area contributed by atoms with E-state index in [4.69, 9.17) is 10.2 Å². The predicted molar refractivity (Wildman–Crippen MR) is 81.1 cm³/mol. The second-order valence-electron chi connectivity index (χ2n) is 4.87. The average Bonchev–Trinajstić information content (AvgIpc) is 3.16. The summed E-state index contributed by atoms with van der Waals surface area (Å²) in [6, 6.07) is 6.01. The lowest BCUT2D eigenvalue weighted by Gasteiger charge is -2.00. The molecule has 8 heteroatoms. The van der Waals surface area contributed by atoms with Gasteiger partial charge in [-0.25, -0.2) is 9.78 Å². The maximum absolute atomic E-state index is 11.7. The van der Waals surface area contributed by atoms with Crippen LogP contribution in [-0.4, -0.2) is 16.9 Å². The third kappa shape index (κ3) is 2.01. The normalized spacial score (nSPS) is 17.7. The number of amides is 3. The first kappa shape index (κ1) is 12.8. The second kappa shape index (κ2) is 4.57. The molecule has 0 aliphatic carbocycles. The molecule has 22 heavy (non-hydrogen) atoms. The van der Waals surface area contributed by atoms with Crippen molar-refractivity contribution in [1.82, 2.24) is 15.6 Å². The van der Waals surface area contributed by atoms with Crippen LogP contribution in [0.2, 0.25) is 0 Å². The van der Waals surface area contributed by atoms with Crippen LogP contribution in [0.3, 0.4) is 0 Å². The van der Waals surface area contributed by atoms with Crippen LogP contribution in [0.4, 0.5) is 9.93 Å². The lowest BCUT2D eigenvalue weighted by atomic mass is 10.1. The van der Waals surface area contributed by atoms with Gasteiger partial charge in [-0.05, 0) is 24.3 Å². The number of thiazole rings is 1. The smallest absolute Gasteiger partial charge is 0.322 e. The van der Waals surface area contributed by atoms with E-state index in [1.54, 1.807) is 12.1 Å². The Kier molecular flexibility index (Phi) is 2.67. The van der Waals surface area contributed by atoms with E-state index in [2.05, 4.69) is 15.6 Å². The van der Waals surface area contributed by atoms with E-state index in [0.717, 1.165) is 16.6 Å². The number of fused-ring (bicyclic) bond motifs is 1. The number of hydrogen-bond acceptors (Lipinski definition) is 6. The third-order valence-corrected chi connectivity index (χ3v) is 4.09. The number of nitrogens with one attached hydrogen (secondary N) is 2. The Hall–Kier alpha value is -2.87. The van der Waals surface area contributed by atoms with Crippen molar-refractivity contribution in [2.75, 3.05) is 5.73 Å². The molecule has 3 amide bonds. The summed E-state index contributed by atoms with van der Waals surface area (Å²) in [5.74, 6) is -0.0233. The molecule has 1 aromatic carbocycles. The highest BCUT2D eigenvalue weighted by Gasteiger charge is 2.33. The van der Waals surface area contributed by atoms with Crippen LogP contribution in [0.1, 0.15) is 11.8 Å². The number of carbonyl (C=O) groups is 2. The lowest BCUT2D eigenvalue weighted by molar-refractivity contribution is -0.120. The number of nitrogens with zero attached hydrogens (tertiary/aromatic N) is 1. The summed E-state index contributed by atoms with van der Waals surface area (Å²) in [5, 5.41) is 7.90. The molecule has 0 bridgehead atoms. The van der Waals surface area contributed by atoms with Gasteiger partial charge in [-0.15, -0.1) is 11.3 Å². The number of anilines is 1. The van der Waals surface area contributed by atoms with Crippen LogP contribution in [-0.2, 0) is 4.79 Å². The maximum Gasteiger partial charge on any atom is 0.322 e. The largest absolute Gasteiger partial charge is 0.458 e. The molecule has 2 aromatic heterocycles. The molecule has 1 saturated heterocycles. The van der Waals surface area contributed by atoms with Gasteiger partial charge in [0, 0.05) is 16.3 Å². The number of benzene rings is 1. The van der Waals surface area contributed by atoms with E-state index in [-0.39, 0.29) is 0 Å². The van der Waals surface area contributed by atoms with Crippen molar-refractivity contribution >= 4 is 39.4 Å². The Morgan fingerprint density at radius 1 is 1.27 bits per heavy atom. The van der Waals surface area contributed by atoms with Crippen molar-refractivity contribution in [1.29, 1.82) is 0 Å². The average molecular weight is 314 g/mol. The predicted octanol–water partition coefficient (Wildman–Crippen LogP) is 2.02. The minimum Gasteiger partial charge on any atom is -0.458 e. The topological polar surface area (TPSA) is 110 Å². The number of carbonyl (C=O) groups excluding carboxylic acids is 2. The lowest BCUT2D eigenvalue weighted by Crippen LogP contribution is -2.22. The van der Waals surface area contributed by atoms with E-state index in [1.165, 1.54) is 11.3 Å². The van der Waals surface area contributed by atoms with Gasteiger partial charge in [0.25, 0.3) is 5.91 Å². The van der Waals surface area contributed by atoms with Gasteiger partial charge in [0.1, 0.15) is 11.3 Å². The highest BCUT2D eigenvalue weighted by molar-refractivity contribution is 7.13. The molecular weight excluding hydrogens is 304 g/mol. The quantitative estimate of drug-likeness (QED) is 0.627. The summed E-state index contributed by atoms with van der Waals surface area (Å²) < 4.78 is 5.65. The Bertz CT molecular complexity index is 914. The number of aromatic nitrogens is 1. The van der Waals surface area contributed by atoms with E-state index in [9.17, 15) is 9.59 Å². The molecule has 1 unspecified atom stereocenters. The number of furan rings is 1. The fourth-order valence-corrected chi connectivity index (χ4v) is 2.98. The van der Waals surface area contributed by atoms with Gasteiger partial charge in [0.05, 0.1) is 5.69 Å². The summed E-state index contributed by atoms with van der Waals surface area (Å²) in [6.07, 6.45) is 0. The zero-order valence-electron chi connectivity index (χ0n) is 11.1. The second-order valence-corrected chi connectivity index (χ2v) is 5.76. The molecule has 1 aliphatic rings. The van der Waals surface area contributed by atoms with Crippen LogP contribution in [0.25, 0.3) is 22.2 Å². The first-order valence-electron chi connectivity index (χ1n) is 6.46. The number of urea groups is 1. The van der Waals surface area contributed by atoms with Gasteiger partial charge in [0.2, 0.25) is 0 Å². The molecule has 1 atom stereocenters. The number of imide groups is 1. The SMILES string of the molecule is Nc1nc(-c2ccc3oc(C4NC(=O)NC4=O)cc3c2)cs1. The van der Waals surface area contributed by atoms with Crippen LogP contribution >= 0.6 is 11.3 Å². The molecule has 3 aromatic rings.